The van der Waals surface area contributed by atoms with Crippen LogP contribution in [0.5, 0.6) is 0 Å². The second-order valence-electron chi connectivity index (χ2n) is 6.31. The Balaban J connectivity index is 1.88. The Morgan fingerprint density at radius 2 is 1.86 bits per heavy atom. The van der Waals surface area contributed by atoms with Crippen molar-refractivity contribution in [1.82, 2.24) is 5.43 Å². The Labute approximate surface area is 172 Å². The minimum absolute atomic E-state index is 0.0335. The van der Waals surface area contributed by atoms with E-state index >= 15 is 0 Å². The van der Waals surface area contributed by atoms with Crippen molar-refractivity contribution in [2.45, 2.75) is 13.8 Å². The van der Waals surface area contributed by atoms with Gasteiger partial charge in [-0.1, -0.05) is 23.7 Å². The fourth-order valence-corrected chi connectivity index (χ4v) is 3.20. The van der Waals surface area contributed by atoms with Gasteiger partial charge in [-0.15, -0.1) is 0 Å². The van der Waals surface area contributed by atoms with Gasteiger partial charge < -0.3 is 9.32 Å². The Hall–Kier alpha value is -3.32. The third kappa shape index (κ3) is 4.41. The largest absolute Gasteiger partial charge is 0.422 e. The molecule has 4 N–H and O–H groups in total. The van der Waals surface area contributed by atoms with Gasteiger partial charge in [0, 0.05) is 30.2 Å². The van der Waals surface area contributed by atoms with Gasteiger partial charge in [0.2, 0.25) is 0 Å². The topological polar surface area (TPSA) is 103 Å². The molecule has 0 bridgehead atoms. The quantitative estimate of drug-likeness (QED) is 0.245. The van der Waals surface area contributed by atoms with Crippen molar-refractivity contribution in [2.24, 2.45) is 5.73 Å². The van der Waals surface area contributed by atoms with Crippen LogP contribution in [-0.2, 0) is 0 Å². The number of hydrazone groups is 1. The summed E-state index contributed by atoms with van der Waals surface area (Å²) in [6, 6.07) is 13.9. The van der Waals surface area contributed by atoms with Crippen molar-refractivity contribution in [2.75, 3.05) is 18.0 Å². The molecule has 3 aromatic rings. The van der Waals surface area contributed by atoms with Crippen LogP contribution in [-0.4, -0.2) is 24.8 Å². The zero-order valence-electron chi connectivity index (χ0n) is 16.2. The third-order valence-electron chi connectivity index (χ3n) is 4.57. The molecule has 0 spiro atoms. The fraction of sp³-hybridized carbons (Fsp3) is 0.190. The number of hydrogen-bond donors (Lipinski definition) is 3. The first kappa shape index (κ1) is 20.4. The number of carbonyl (C=O) groups is 1. The molecule has 29 heavy (non-hydrogen) atoms. The van der Waals surface area contributed by atoms with E-state index in [1.165, 1.54) is 0 Å². The van der Waals surface area contributed by atoms with Gasteiger partial charge >= 0.3 is 11.5 Å². The number of fused-ring (bicyclic) bond motifs is 1. The number of rotatable bonds is 6. The van der Waals surface area contributed by atoms with Crippen molar-refractivity contribution in [1.29, 1.82) is 0 Å². The monoisotopic (exact) mass is 413 g/mol. The standard InChI is InChI=1S/C21H21ClN4O3/c1-3-26(4-2)14-10-9-13-11-16(21(28)29-18(13)12-14)19(23)24-25-20(27)15-7-5-6-8-17(15)22/h5-12H,3-4H2,1-2H3,(H2,23,24)(H,25,27)/p+1. The summed E-state index contributed by atoms with van der Waals surface area (Å²) in [7, 11) is 0. The van der Waals surface area contributed by atoms with E-state index in [0.717, 1.165) is 24.2 Å². The van der Waals surface area contributed by atoms with E-state index in [-0.39, 0.29) is 17.0 Å². The van der Waals surface area contributed by atoms with Crippen molar-refractivity contribution in [3.63, 3.8) is 0 Å². The summed E-state index contributed by atoms with van der Waals surface area (Å²) >= 11 is 6.00. The second-order valence-corrected chi connectivity index (χ2v) is 6.72. The van der Waals surface area contributed by atoms with Gasteiger partial charge in [-0.2, -0.15) is 10.5 Å². The Bertz CT molecular complexity index is 1140. The van der Waals surface area contributed by atoms with E-state index in [9.17, 15) is 9.59 Å². The van der Waals surface area contributed by atoms with E-state index in [0.29, 0.717) is 10.6 Å². The molecular weight excluding hydrogens is 392 g/mol. The van der Waals surface area contributed by atoms with E-state index in [1.54, 1.807) is 30.3 Å². The predicted octanol–water partition coefficient (Wildman–Crippen LogP) is 1.42. The zero-order valence-corrected chi connectivity index (χ0v) is 16.9. The SMILES string of the molecule is CCN(CC)c1ccc2cc(C(N)=[NH+]NC(=O)c3ccccc3Cl)c(=O)oc2c1. The van der Waals surface area contributed by atoms with E-state index < -0.39 is 11.5 Å². The molecule has 7 nitrogen and oxygen atoms in total. The first-order chi connectivity index (χ1) is 13.9. The zero-order chi connectivity index (χ0) is 21.0. The molecule has 0 saturated heterocycles. The minimum atomic E-state index is -0.605. The lowest BCUT2D eigenvalue weighted by atomic mass is 10.1. The summed E-state index contributed by atoms with van der Waals surface area (Å²) in [6.45, 7) is 5.82. The number of nitrogen functional groups attached to an aromatic ring is 1. The van der Waals surface area contributed by atoms with Gasteiger partial charge in [-0.3, -0.25) is 10.5 Å². The highest BCUT2D eigenvalue weighted by Gasteiger charge is 2.16. The van der Waals surface area contributed by atoms with Gasteiger partial charge in [0.05, 0.1) is 10.6 Å². The molecular formula is C21H22ClN4O3+. The Kier molecular flexibility index (Phi) is 6.19. The van der Waals surface area contributed by atoms with Gasteiger partial charge in [0.25, 0.3) is 5.91 Å². The van der Waals surface area contributed by atoms with Crippen molar-refractivity contribution in [3.8, 4) is 0 Å². The molecule has 0 saturated carbocycles. The summed E-state index contributed by atoms with van der Waals surface area (Å²) in [4.78, 5) is 26.8. The third-order valence-corrected chi connectivity index (χ3v) is 4.90. The maximum Gasteiger partial charge on any atom is 0.352 e. The summed E-state index contributed by atoms with van der Waals surface area (Å²) in [5.41, 5.74) is 9.63. The summed E-state index contributed by atoms with van der Waals surface area (Å²) in [6.07, 6.45) is 0. The molecule has 1 amide bonds. The van der Waals surface area contributed by atoms with Gasteiger partial charge in [0.15, 0.2) is 5.56 Å². The molecule has 8 heteroatoms. The van der Waals surface area contributed by atoms with Gasteiger partial charge in [0.1, 0.15) is 5.58 Å². The fourth-order valence-electron chi connectivity index (χ4n) is 2.98. The normalized spacial score (nSPS) is 11.5. The molecule has 0 aliphatic rings. The molecule has 0 aliphatic heterocycles. The number of hydrazine groups is 1. The van der Waals surface area contributed by atoms with Crippen LogP contribution < -0.4 is 26.8 Å². The number of carbonyl (C=O) groups excluding carboxylic acids is 1. The smallest absolute Gasteiger partial charge is 0.352 e. The molecule has 1 aromatic heterocycles. The van der Waals surface area contributed by atoms with E-state index in [2.05, 4.69) is 29.3 Å². The Morgan fingerprint density at radius 3 is 2.55 bits per heavy atom. The number of benzene rings is 2. The molecule has 0 unspecified atom stereocenters. The molecule has 1 heterocycles. The van der Waals surface area contributed by atoms with E-state index in [4.69, 9.17) is 21.8 Å². The average molecular weight is 414 g/mol. The lowest BCUT2D eigenvalue weighted by molar-refractivity contribution is -0.508. The molecule has 150 valence electrons. The summed E-state index contributed by atoms with van der Waals surface area (Å²) in [5, 5.41) is 3.57. The first-order valence-corrected chi connectivity index (χ1v) is 9.59. The van der Waals surface area contributed by atoms with Crippen LogP contribution in [0.3, 0.4) is 0 Å². The number of hydrogen-bond acceptors (Lipinski definition) is 4. The van der Waals surface area contributed by atoms with Gasteiger partial charge in [-0.05, 0) is 44.2 Å². The number of nitrogens with one attached hydrogen (secondary N) is 2. The summed E-state index contributed by atoms with van der Waals surface area (Å²) in [5.74, 6) is -0.513. The molecule has 2 aromatic carbocycles. The molecule has 3 rings (SSSR count). The predicted molar refractivity (Wildman–Crippen MR) is 114 cm³/mol. The van der Waals surface area contributed by atoms with Crippen LogP contribution in [0.1, 0.15) is 29.8 Å². The van der Waals surface area contributed by atoms with Crippen LogP contribution in [0.4, 0.5) is 5.69 Å². The maximum absolute atomic E-state index is 12.4. The van der Waals surface area contributed by atoms with Crippen molar-refractivity contribution < 1.29 is 14.3 Å². The van der Waals surface area contributed by atoms with Crippen LogP contribution >= 0.6 is 11.6 Å². The number of anilines is 1. The Morgan fingerprint density at radius 1 is 1.14 bits per heavy atom. The lowest BCUT2D eigenvalue weighted by Crippen LogP contribution is -2.86. The number of amidine groups is 1. The van der Waals surface area contributed by atoms with Crippen LogP contribution in [0.25, 0.3) is 11.0 Å². The summed E-state index contributed by atoms with van der Waals surface area (Å²) < 4.78 is 5.45. The highest BCUT2D eigenvalue weighted by molar-refractivity contribution is 6.33. The van der Waals surface area contributed by atoms with Gasteiger partial charge in [-0.25, -0.2) is 4.79 Å². The van der Waals surface area contributed by atoms with Crippen molar-refractivity contribution in [3.05, 3.63) is 75.1 Å². The lowest BCUT2D eigenvalue weighted by Gasteiger charge is -2.20. The number of halogens is 1. The molecule has 0 radical (unpaired) electrons. The van der Waals surface area contributed by atoms with Crippen LogP contribution in [0.2, 0.25) is 5.02 Å². The van der Waals surface area contributed by atoms with Crippen LogP contribution in [0.15, 0.2) is 57.7 Å². The number of amides is 1. The number of nitrogens with two attached hydrogens (primary N) is 1. The first-order valence-electron chi connectivity index (χ1n) is 9.21. The maximum atomic E-state index is 12.4. The van der Waals surface area contributed by atoms with E-state index in [1.807, 2.05) is 18.2 Å². The van der Waals surface area contributed by atoms with Crippen LogP contribution in [0, 0.1) is 0 Å². The highest BCUT2D eigenvalue weighted by Crippen LogP contribution is 2.21. The van der Waals surface area contributed by atoms with Crippen molar-refractivity contribution >= 4 is 40.0 Å². The molecule has 0 atom stereocenters. The molecule has 0 aliphatic carbocycles. The highest BCUT2D eigenvalue weighted by atomic mass is 35.5. The second kappa shape index (κ2) is 8.79. The molecule has 0 fully saturated rings. The minimum Gasteiger partial charge on any atom is -0.422 e. The average Bonchev–Trinajstić information content (AvgIpc) is 2.72. The number of nitrogens with zero attached hydrogens (tertiary/aromatic N) is 1.